The van der Waals surface area contributed by atoms with E-state index in [4.69, 9.17) is 18.9 Å². The van der Waals surface area contributed by atoms with E-state index in [1.807, 2.05) is 41.8 Å². The minimum atomic E-state index is -0.573. The average Bonchev–Trinajstić information content (AvgIpc) is 3.38. The van der Waals surface area contributed by atoms with Gasteiger partial charge in [0.05, 0.1) is 38.3 Å². The van der Waals surface area contributed by atoms with E-state index in [0.29, 0.717) is 52.1 Å². The molecule has 4 aromatic carbocycles. The molecule has 0 unspecified atom stereocenters. The highest BCUT2D eigenvalue weighted by molar-refractivity contribution is 6.05. The molecule has 7 nitrogen and oxygen atoms in total. The zero-order valence-electron chi connectivity index (χ0n) is 25.4. The van der Waals surface area contributed by atoms with Crippen LogP contribution >= 0.6 is 0 Å². The van der Waals surface area contributed by atoms with Crippen molar-refractivity contribution in [2.24, 2.45) is 0 Å². The number of carbonyl (C=O) groups excluding carboxylic acids is 1. The number of hydrogen-bond acceptors (Lipinski definition) is 6. The number of halogens is 2. The summed E-state index contributed by atoms with van der Waals surface area (Å²) in [6.45, 7) is 2.22. The fourth-order valence-electron chi connectivity index (χ4n) is 6.40. The molecule has 1 heterocycles. The third kappa shape index (κ3) is 5.37. The molecule has 0 saturated heterocycles. The van der Waals surface area contributed by atoms with E-state index in [-0.39, 0.29) is 17.9 Å². The molecule has 0 spiro atoms. The van der Waals surface area contributed by atoms with Crippen molar-refractivity contribution in [1.82, 2.24) is 4.57 Å². The maximum atomic E-state index is 15.5. The Hall–Kier alpha value is -4.89. The lowest BCUT2D eigenvalue weighted by molar-refractivity contribution is 0.0249. The third-order valence-electron chi connectivity index (χ3n) is 8.47. The summed E-state index contributed by atoms with van der Waals surface area (Å²) in [4.78, 5) is 12.5. The van der Waals surface area contributed by atoms with E-state index in [1.54, 1.807) is 30.3 Å². The first kappa shape index (κ1) is 30.1. The van der Waals surface area contributed by atoms with Crippen LogP contribution in [0, 0.1) is 11.6 Å². The smallest absolute Gasteiger partial charge is 0.341 e. The van der Waals surface area contributed by atoms with Gasteiger partial charge in [0.1, 0.15) is 29.5 Å². The van der Waals surface area contributed by atoms with E-state index < -0.39 is 29.1 Å². The molecule has 1 aromatic heterocycles. The molecule has 0 amide bonds. The molecule has 0 radical (unpaired) electrons. The number of hydrogen-bond donors (Lipinski definition) is 1. The summed E-state index contributed by atoms with van der Waals surface area (Å²) in [6, 6.07) is 22.0. The molecule has 5 aromatic rings. The summed E-state index contributed by atoms with van der Waals surface area (Å²) in [5.41, 5.74) is 3.74. The van der Waals surface area contributed by atoms with Crippen LogP contribution in [0.5, 0.6) is 17.2 Å². The second-order valence-corrected chi connectivity index (χ2v) is 11.5. The van der Waals surface area contributed by atoms with Gasteiger partial charge in [-0.2, -0.15) is 0 Å². The predicted octanol–water partition coefficient (Wildman–Crippen LogP) is 7.37. The second kappa shape index (κ2) is 11.9. The number of fused-ring (bicyclic) bond motifs is 1. The van der Waals surface area contributed by atoms with Gasteiger partial charge in [0, 0.05) is 34.5 Å². The van der Waals surface area contributed by atoms with Crippen LogP contribution in [0.3, 0.4) is 0 Å². The molecular weight excluding hydrogens is 580 g/mol. The number of benzene rings is 4. The predicted molar refractivity (Wildman–Crippen MR) is 166 cm³/mol. The molecule has 1 fully saturated rings. The van der Waals surface area contributed by atoms with Gasteiger partial charge in [0.2, 0.25) is 0 Å². The van der Waals surface area contributed by atoms with E-state index in [1.165, 1.54) is 39.5 Å². The minimum absolute atomic E-state index is 0.0294. The second-order valence-electron chi connectivity index (χ2n) is 11.5. The van der Waals surface area contributed by atoms with Crippen molar-refractivity contribution in [3.8, 4) is 34.1 Å². The summed E-state index contributed by atoms with van der Waals surface area (Å²) in [7, 11) is 4.15. The number of aromatic nitrogens is 1. The van der Waals surface area contributed by atoms with Crippen molar-refractivity contribution < 1.29 is 37.6 Å². The number of nitrogens with zero attached hydrogens (tertiary/aromatic N) is 1. The van der Waals surface area contributed by atoms with Crippen LogP contribution in [0.4, 0.5) is 8.78 Å². The van der Waals surface area contributed by atoms with Crippen LogP contribution in [0.15, 0.2) is 78.9 Å². The topological polar surface area (TPSA) is 79.2 Å². The average molecular weight is 614 g/mol. The first-order chi connectivity index (χ1) is 21.7. The summed E-state index contributed by atoms with van der Waals surface area (Å²) in [5, 5.41) is 11.2. The zero-order valence-corrected chi connectivity index (χ0v) is 25.4. The van der Waals surface area contributed by atoms with Gasteiger partial charge in [-0.3, -0.25) is 0 Å². The van der Waals surface area contributed by atoms with Crippen LogP contribution in [0.1, 0.15) is 41.4 Å². The Bertz CT molecular complexity index is 1900. The monoisotopic (exact) mass is 613 g/mol. The molecule has 232 valence electrons. The highest BCUT2D eigenvalue weighted by atomic mass is 19.1. The molecule has 1 saturated carbocycles. The molecule has 1 N–H and O–H groups in total. The number of aliphatic hydroxyl groups excluding tert-OH is 1. The normalized spacial score (nSPS) is 17.5. The van der Waals surface area contributed by atoms with Gasteiger partial charge >= 0.3 is 5.97 Å². The quantitative estimate of drug-likeness (QED) is 0.175. The van der Waals surface area contributed by atoms with Gasteiger partial charge in [-0.1, -0.05) is 43.3 Å². The van der Waals surface area contributed by atoms with E-state index in [2.05, 4.69) is 0 Å². The van der Waals surface area contributed by atoms with Crippen LogP contribution in [0.2, 0.25) is 0 Å². The lowest BCUT2D eigenvalue weighted by Gasteiger charge is -2.44. The number of esters is 1. The van der Waals surface area contributed by atoms with Crippen molar-refractivity contribution in [1.29, 1.82) is 0 Å². The third-order valence-corrected chi connectivity index (χ3v) is 8.47. The molecule has 6 rings (SSSR count). The van der Waals surface area contributed by atoms with Crippen LogP contribution in [0.25, 0.3) is 27.7 Å². The maximum absolute atomic E-state index is 15.5. The van der Waals surface area contributed by atoms with Crippen molar-refractivity contribution in [2.75, 3.05) is 21.3 Å². The summed E-state index contributed by atoms with van der Waals surface area (Å²) >= 11 is 0. The van der Waals surface area contributed by atoms with Gasteiger partial charge in [-0.25, -0.2) is 13.6 Å². The van der Waals surface area contributed by atoms with Crippen LogP contribution in [-0.2, 0) is 16.8 Å². The Labute approximate surface area is 259 Å². The molecular formula is C36H33F2NO6. The Balaban J connectivity index is 1.71. The number of aliphatic hydroxyl groups is 1. The number of methoxy groups -OCH3 is 3. The van der Waals surface area contributed by atoms with Gasteiger partial charge in [-0.05, 0) is 54.3 Å². The Morgan fingerprint density at radius 2 is 1.64 bits per heavy atom. The number of rotatable bonds is 9. The summed E-state index contributed by atoms with van der Waals surface area (Å²) in [5.74, 6) is -0.983. The standard InChI is InChI=1S/C36H33F2NO6/c1-36(18-25(40)19-36)34-32(22-10-12-26(35(41)44-4)29(14-22)42-2)33-28(39(34)24-11-13-27(38)30(17-24)43-3)15-23(37)16-31(33)45-20-21-8-6-5-7-9-21/h5-17,25,40H,18-20H2,1-4H3. The Morgan fingerprint density at radius 1 is 0.911 bits per heavy atom. The highest BCUT2D eigenvalue weighted by Crippen LogP contribution is 2.53. The molecule has 0 atom stereocenters. The number of carbonyl (C=O) groups is 1. The highest BCUT2D eigenvalue weighted by Gasteiger charge is 2.46. The molecule has 45 heavy (non-hydrogen) atoms. The first-order valence-electron chi connectivity index (χ1n) is 14.5. The maximum Gasteiger partial charge on any atom is 0.341 e. The van der Waals surface area contributed by atoms with E-state index in [9.17, 15) is 14.3 Å². The van der Waals surface area contributed by atoms with Crippen molar-refractivity contribution in [2.45, 2.75) is 37.9 Å². The fraction of sp³-hybridized carbons (Fsp3) is 0.250. The van der Waals surface area contributed by atoms with E-state index >= 15 is 4.39 Å². The van der Waals surface area contributed by atoms with Crippen molar-refractivity contribution >= 4 is 16.9 Å². The minimum Gasteiger partial charge on any atom is -0.496 e. The zero-order chi connectivity index (χ0) is 31.9. The van der Waals surface area contributed by atoms with Gasteiger partial charge in [-0.15, -0.1) is 0 Å². The molecule has 0 aliphatic heterocycles. The SMILES string of the molecule is COC(=O)c1ccc(-c2c(C3(C)CC(O)C3)n(-c3ccc(F)c(OC)c3)c3cc(F)cc(OCc4ccccc4)c23)cc1OC. The molecule has 1 aliphatic carbocycles. The van der Waals surface area contributed by atoms with Crippen LogP contribution < -0.4 is 14.2 Å². The molecule has 1 aliphatic rings. The molecule has 0 bridgehead atoms. The first-order valence-corrected chi connectivity index (χ1v) is 14.5. The molecule has 9 heteroatoms. The lowest BCUT2D eigenvalue weighted by Crippen LogP contribution is -2.43. The largest absolute Gasteiger partial charge is 0.496 e. The van der Waals surface area contributed by atoms with Crippen molar-refractivity contribution in [3.63, 3.8) is 0 Å². The Morgan fingerprint density at radius 3 is 2.31 bits per heavy atom. The lowest BCUT2D eigenvalue weighted by atomic mass is 9.64. The van der Waals surface area contributed by atoms with Crippen molar-refractivity contribution in [3.05, 3.63) is 107 Å². The fourth-order valence-corrected chi connectivity index (χ4v) is 6.40. The van der Waals surface area contributed by atoms with Gasteiger partial charge in [0.15, 0.2) is 11.6 Å². The van der Waals surface area contributed by atoms with E-state index in [0.717, 1.165) is 11.3 Å². The van der Waals surface area contributed by atoms with Gasteiger partial charge in [0.25, 0.3) is 0 Å². The van der Waals surface area contributed by atoms with Gasteiger partial charge < -0.3 is 28.6 Å². The Kier molecular flexibility index (Phi) is 7.97. The summed E-state index contributed by atoms with van der Waals surface area (Å²) in [6.07, 6.45) is 0.350. The number of ether oxygens (including phenoxy) is 4. The summed E-state index contributed by atoms with van der Waals surface area (Å²) < 4.78 is 54.3. The van der Waals surface area contributed by atoms with Crippen LogP contribution in [-0.4, -0.2) is 43.1 Å².